The van der Waals surface area contributed by atoms with Crippen LogP contribution in [0.3, 0.4) is 0 Å². The molecule has 0 N–H and O–H groups in total. The molecule has 1 saturated heterocycles. The number of nitro groups is 1. The number of para-hydroxylation sites is 1. The molecule has 0 radical (unpaired) electrons. The van der Waals surface area contributed by atoms with E-state index < -0.39 is 40.2 Å². The Morgan fingerprint density at radius 1 is 0.786 bits per heavy atom. The van der Waals surface area contributed by atoms with Crippen LogP contribution in [0.5, 0.6) is 0 Å². The summed E-state index contributed by atoms with van der Waals surface area (Å²) in [5.41, 5.74) is 3.68. The molecule has 3 amide bonds. The lowest BCUT2D eigenvalue weighted by Gasteiger charge is -2.45. The molecule has 0 saturated carbocycles. The molecule has 2 atom stereocenters. The number of imide groups is 1. The van der Waals surface area contributed by atoms with Crippen LogP contribution in [0.2, 0.25) is 10.0 Å². The number of halogens is 2. The molecule has 208 valence electrons. The Balaban J connectivity index is 1.38. The summed E-state index contributed by atoms with van der Waals surface area (Å²) in [5.74, 6) is -4.16. The van der Waals surface area contributed by atoms with Crippen LogP contribution in [0.25, 0.3) is 0 Å². The van der Waals surface area contributed by atoms with Crippen molar-refractivity contribution in [3.05, 3.63) is 145 Å². The zero-order chi connectivity index (χ0) is 29.3. The molecular weight excluding hydrogens is 577 g/mol. The minimum Gasteiger partial charge on any atom is -0.272 e. The summed E-state index contributed by atoms with van der Waals surface area (Å²) in [4.78, 5) is 54.2. The van der Waals surface area contributed by atoms with Gasteiger partial charge in [-0.15, -0.1) is 0 Å². The average Bonchev–Trinajstić information content (AvgIpc) is 3.26. The van der Waals surface area contributed by atoms with Gasteiger partial charge in [0.2, 0.25) is 0 Å². The number of hydrazine groups is 1. The number of carbonyl (C=O) groups is 3. The lowest BCUT2D eigenvalue weighted by atomic mass is 9.55. The Kier molecular flexibility index (Phi) is 6.15. The predicted molar refractivity (Wildman–Crippen MR) is 155 cm³/mol. The maximum absolute atomic E-state index is 14.4. The van der Waals surface area contributed by atoms with Crippen LogP contribution < -0.4 is 0 Å². The summed E-state index contributed by atoms with van der Waals surface area (Å²) in [5, 5.41) is 14.3. The van der Waals surface area contributed by atoms with Gasteiger partial charge < -0.3 is 0 Å². The number of hydrogen-bond donors (Lipinski definition) is 0. The Morgan fingerprint density at radius 3 is 1.79 bits per heavy atom. The summed E-state index contributed by atoms with van der Waals surface area (Å²) < 4.78 is 0. The molecule has 4 aromatic rings. The first-order chi connectivity index (χ1) is 20.3. The van der Waals surface area contributed by atoms with Crippen molar-refractivity contribution in [3.63, 3.8) is 0 Å². The fourth-order valence-electron chi connectivity index (χ4n) is 6.90. The lowest BCUT2D eigenvalue weighted by Crippen LogP contribution is -2.50. The van der Waals surface area contributed by atoms with Crippen molar-refractivity contribution < 1.29 is 19.3 Å². The highest BCUT2D eigenvalue weighted by Crippen LogP contribution is 2.61. The second-order valence-corrected chi connectivity index (χ2v) is 11.5. The van der Waals surface area contributed by atoms with E-state index in [4.69, 9.17) is 23.2 Å². The van der Waals surface area contributed by atoms with E-state index in [1.165, 1.54) is 30.3 Å². The Bertz CT molecular complexity index is 1730. The quantitative estimate of drug-likeness (QED) is 0.151. The van der Waals surface area contributed by atoms with Gasteiger partial charge in [0.25, 0.3) is 23.4 Å². The van der Waals surface area contributed by atoms with Gasteiger partial charge in [0.05, 0.1) is 23.3 Å². The van der Waals surface area contributed by atoms with Gasteiger partial charge >= 0.3 is 0 Å². The van der Waals surface area contributed by atoms with Crippen LogP contribution in [0.15, 0.2) is 91.0 Å². The zero-order valence-electron chi connectivity index (χ0n) is 21.8. The molecule has 1 aliphatic heterocycles. The molecule has 0 spiro atoms. The van der Waals surface area contributed by atoms with Crippen molar-refractivity contribution in [1.82, 2.24) is 10.0 Å². The average molecular weight is 598 g/mol. The Hall–Kier alpha value is -4.53. The standard InChI is InChI=1S/C32H21Cl2N3O5/c33-18-14-13-17(24(34)15-18)16-35(30(38)23-11-5-6-12-25(23)37(41)42)36-31(39)28-26-19-7-1-2-8-20(19)27(29(28)32(36)40)22-10-4-3-9-21(22)26/h1-15,26-29H,16H2/t26?,27?,28-,29-/m1/s1. The van der Waals surface area contributed by atoms with Crippen molar-refractivity contribution in [3.8, 4) is 0 Å². The molecule has 10 heteroatoms. The van der Waals surface area contributed by atoms with Crippen LogP contribution in [0.1, 0.15) is 50.0 Å². The van der Waals surface area contributed by atoms with E-state index in [2.05, 4.69) is 0 Å². The molecule has 8 nitrogen and oxygen atoms in total. The third kappa shape index (κ3) is 3.79. The first kappa shape index (κ1) is 26.4. The Labute approximate surface area is 250 Å². The largest absolute Gasteiger partial charge is 0.282 e. The summed E-state index contributed by atoms with van der Waals surface area (Å²) in [7, 11) is 0. The van der Waals surface area contributed by atoms with Crippen LogP contribution in [0, 0.1) is 22.0 Å². The minimum atomic E-state index is -0.865. The number of benzene rings is 4. The summed E-state index contributed by atoms with van der Waals surface area (Å²) in [6.45, 7) is -0.285. The van der Waals surface area contributed by atoms with Crippen molar-refractivity contribution in [1.29, 1.82) is 0 Å². The van der Waals surface area contributed by atoms with Crippen molar-refractivity contribution in [2.45, 2.75) is 18.4 Å². The maximum Gasteiger partial charge on any atom is 0.282 e. The SMILES string of the molecule is O=C(c1ccccc1[N+](=O)[O-])N(Cc1ccc(Cl)cc1Cl)N1C(=O)[C@@H]2C3c4ccccc4C(c4ccccc43)[C@H]2C1=O. The maximum atomic E-state index is 14.4. The lowest BCUT2D eigenvalue weighted by molar-refractivity contribution is -0.385. The smallest absolute Gasteiger partial charge is 0.272 e. The number of nitro benzene ring substituents is 1. The van der Waals surface area contributed by atoms with Crippen LogP contribution in [0.4, 0.5) is 5.69 Å². The first-order valence-corrected chi connectivity index (χ1v) is 14.1. The highest BCUT2D eigenvalue weighted by atomic mass is 35.5. The molecule has 8 rings (SSSR count). The van der Waals surface area contributed by atoms with E-state index in [1.54, 1.807) is 12.1 Å². The van der Waals surface area contributed by atoms with E-state index in [-0.39, 0.29) is 29.0 Å². The van der Waals surface area contributed by atoms with E-state index in [0.29, 0.717) is 10.6 Å². The summed E-state index contributed by atoms with van der Waals surface area (Å²) >= 11 is 12.6. The van der Waals surface area contributed by atoms with Crippen LogP contribution in [-0.2, 0) is 16.1 Å². The minimum absolute atomic E-state index is 0.222. The van der Waals surface area contributed by atoms with Crippen molar-refractivity contribution in [2.24, 2.45) is 11.8 Å². The number of carbonyl (C=O) groups excluding carboxylic acids is 3. The second-order valence-electron chi connectivity index (χ2n) is 10.6. The van der Waals surface area contributed by atoms with Gasteiger partial charge in [-0.1, -0.05) is 89.9 Å². The predicted octanol–water partition coefficient (Wildman–Crippen LogP) is 6.35. The number of hydrogen-bond acceptors (Lipinski definition) is 5. The van der Waals surface area contributed by atoms with Crippen molar-refractivity contribution >= 4 is 46.6 Å². The van der Waals surface area contributed by atoms with E-state index >= 15 is 0 Å². The van der Waals surface area contributed by atoms with Gasteiger partial charge in [-0.25, -0.2) is 5.01 Å². The van der Waals surface area contributed by atoms with Gasteiger partial charge in [0, 0.05) is 27.9 Å². The van der Waals surface area contributed by atoms with E-state index in [9.17, 15) is 24.5 Å². The van der Waals surface area contributed by atoms with Gasteiger partial charge in [-0.2, -0.15) is 5.01 Å². The first-order valence-electron chi connectivity index (χ1n) is 13.3. The highest BCUT2D eigenvalue weighted by molar-refractivity contribution is 6.35. The number of nitrogens with zero attached hydrogens (tertiary/aromatic N) is 3. The molecule has 0 unspecified atom stereocenters. The van der Waals surface area contributed by atoms with Gasteiger partial charge in [0.15, 0.2) is 0 Å². The number of rotatable bonds is 5. The van der Waals surface area contributed by atoms with Crippen LogP contribution >= 0.6 is 23.2 Å². The normalized spacial score (nSPS) is 21.5. The molecule has 2 bridgehead atoms. The number of amides is 3. The van der Waals surface area contributed by atoms with Gasteiger partial charge in [-0.3, -0.25) is 24.5 Å². The Morgan fingerprint density at radius 2 is 1.29 bits per heavy atom. The van der Waals surface area contributed by atoms with Crippen LogP contribution in [-0.4, -0.2) is 32.7 Å². The monoisotopic (exact) mass is 597 g/mol. The van der Waals surface area contributed by atoms with E-state index in [0.717, 1.165) is 32.3 Å². The van der Waals surface area contributed by atoms with E-state index in [1.807, 2.05) is 48.5 Å². The molecule has 42 heavy (non-hydrogen) atoms. The van der Waals surface area contributed by atoms with Gasteiger partial charge in [-0.05, 0) is 46.0 Å². The summed E-state index contributed by atoms with van der Waals surface area (Å²) in [6, 6.07) is 25.8. The molecule has 4 aliphatic rings. The highest BCUT2D eigenvalue weighted by Gasteiger charge is 2.63. The second kappa shape index (κ2) is 9.79. The topological polar surface area (TPSA) is 101 Å². The van der Waals surface area contributed by atoms with Gasteiger partial charge in [0.1, 0.15) is 5.56 Å². The third-order valence-electron chi connectivity index (χ3n) is 8.57. The molecule has 0 aromatic heterocycles. The zero-order valence-corrected chi connectivity index (χ0v) is 23.3. The fourth-order valence-corrected chi connectivity index (χ4v) is 7.37. The molecule has 4 aromatic carbocycles. The fraction of sp³-hybridized carbons (Fsp3) is 0.156. The van der Waals surface area contributed by atoms with Crippen molar-refractivity contribution in [2.75, 3.05) is 0 Å². The molecule has 1 heterocycles. The third-order valence-corrected chi connectivity index (χ3v) is 9.15. The molecule has 1 fully saturated rings. The molecule has 3 aliphatic carbocycles. The molecular formula is C32H21Cl2N3O5. The summed E-state index contributed by atoms with van der Waals surface area (Å²) in [6.07, 6.45) is 0.